The molecule has 0 saturated carbocycles. The van der Waals surface area contributed by atoms with Crippen LogP contribution in [0.15, 0.2) is 30.3 Å². The highest BCUT2D eigenvalue weighted by Gasteiger charge is 2.27. The molecule has 120 valence electrons. The third kappa shape index (κ3) is 6.22. The van der Waals surface area contributed by atoms with E-state index in [1.807, 2.05) is 0 Å². The number of benzene rings is 1. The van der Waals surface area contributed by atoms with Crippen molar-refractivity contribution in [2.75, 3.05) is 6.54 Å². The first-order valence-electron chi connectivity index (χ1n) is 9.04. The number of hydrogen-bond donors (Lipinski definition) is 1. The van der Waals surface area contributed by atoms with Crippen molar-refractivity contribution in [3.63, 3.8) is 0 Å². The summed E-state index contributed by atoms with van der Waals surface area (Å²) in [6.45, 7) is 5.33. The summed E-state index contributed by atoms with van der Waals surface area (Å²) < 4.78 is 0. The summed E-state index contributed by atoms with van der Waals surface area (Å²) in [7, 11) is 0. The molecule has 0 bridgehead atoms. The maximum absolute atomic E-state index is 6.15. The van der Waals surface area contributed by atoms with Gasteiger partial charge < -0.3 is 5.73 Å². The second kappa shape index (κ2) is 10.8. The number of nitrogens with two attached hydrogens (primary N) is 1. The van der Waals surface area contributed by atoms with Crippen molar-refractivity contribution in [2.45, 2.75) is 83.5 Å². The highest BCUT2D eigenvalue weighted by Crippen LogP contribution is 2.32. The molecule has 0 aliphatic carbocycles. The van der Waals surface area contributed by atoms with Crippen molar-refractivity contribution in [2.24, 2.45) is 5.73 Å². The van der Waals surface area contributed by atoms with Crippen LogP contribution in [-0.4, -0.2) is 6.54 Å². The third-order valence-electron chi connectivity index (χ3n) is 4.96. The first kappa shape index (κ1) is 18.2. The SMILES string of the molecule is CCCCCCCCCCC(CC)(CN)c1ccccc1. The number of rotatable bonds is 12. The van der Waals surface area contributed by atoms with E-state index in [0.717, 1.165) is 13.0 Å². The zero-order valence-electron chi connectivity index (χ0n) is 14.2. The van der Waals surface area contributed by atoms with E-state index in [4.69, 9.17) is 5.73 Å². The van der Waals surface area contributed by atoms with E-state index in [0.29, 0.717) is 0 Å². The largest absolute Gasteiger partial charge is 0.330 e. The first-order valence-corrected chi connectivity index (χ1v) is 9.04. The van der Waals surface area contributed by atoms with Crippen molar-refractivity contribution < 1.29 is 0 Å². The summed E-state index contributed by atoms with van der Waals surface area (Å²) in [5.74, 6) is 0. The lowest BCUT2D eigenvalue weighted by Crippen LogP contribution is -2.34. The lowest BCUT2D eigenvalue weighted by atomic mass is 9.74. The Morgan fingerprint density at radius 2 is 1.38 bits per heavy atom. The van der Waals surface area contributed by atoms with Crippen LogP contribution in [0.1, 0.15) is 83.6 Å². The van der Waals surface area contributed by atoms with Crippen LogP contribution in [0.2, 0.25) is 0 Å². The van der Waals surface area contributed by atoms with Gasteiger partial charge in [0.15, 0.2) is 0 Å². The second-order valence-electron chi connectivity index (χ2n) is 6.43. The van der Waals surface area contributed by atoms with Crippen LogP contribution >= 0.6 is 0 Å². The van der Waals surface area contributed by atoms with Gasteiger partial charge in [0.05, 0.1) is 0 Å². The summed E-state index contributed by atoms with van der Waals surface area (Å²) >= 11 is 0. The fourth-order valence-corrected chi connectivity index (χ4v) is 3.28. The monoisotopic (exact) mass is 289 g/mol. The van der Waals surface area contributed by atoms with Crippen molar-refractivity contribution in [1.82, 2.24) is 0 Å². The Morgan fingerprint density at radius 1 is 0.810 bits per heavy atom. The van der Waals surface area contributed by atoms with Gasteiger partial charge in [0.25, 0.3) is 0 Å². The summed E-state index contributed by atoms with van der Waals surface area (Å²) in [6, 6.07) is 10.9. The van der Waals surface area contributed by atoms with Crippen LogP contribution in [0.4, 0.5) is 0 Å². The van der Waals surface area contributed by atoms with E-state index in [1.165, 1.54) is 63.4 Å². The zero-order valence-corrected chi connectivity index (χ0v) is 14.2. The van der Waals surface area contributed by atoms with Crippen LogP contribution in [-0.2, 0) is 5.41 Å². The lowest BCUT2D eigenvalue weighted by molar-refractivity contribution is 0.369. The summed E-state index contributed by atoms with van der Waals surface area (Å²) in [5.41, 5.74) is 7.77. The molecule has 0 fully saturated rings. The Bertz CT molecular complexity index is 340. The Labute approximate surface area is 132 Å². The van der Waals surface area contributed by atoms with Gasteiger partial charge in [0.2, 0.25) is 0 Å². The molecule has 0 aliphatic rings. The summed E-state index contributed by atoms with van der Waals surface area (Å²) in [4.78, 5) is 0. The van der Waals surface area contributed by atoms with E-state index in [1.54, 1.807) is 0 Å². The highest BCUT2D eigenvalue weighted by molar-refractivity contribution is 5.25. The highest BCUT2D eigenvalue weighted by atomic mass is 14.6. The van der Waals surface area contributed by atoms with E-state index in [-0.39, 0.29) is 5.41 Å². The van der Waals surface area contributed by atoms with Gasteiger partial charge in [0, 0.05) is 12.0 Å². The molecule has 0 aromatic heterocycles. The lowest BCUT2D eigenvalue weighted by Gasteiger charge is -2.32. The average Bonchev–Trinajstić information content (AvgIpc) is 2.55. The van der Waals surface area contributed by atoms with Crippen LogP contribution in [0, 0.1) is 0 Å². The average molecular weight is 290 g/mol. The van der Waals surface area contributed by atoms with E-state index < -0.39 is 0 Å². The quantitative estimate of drug-likeness (QED) is 0.482. The van der Waals surface area contributed by atoms with Crippen LogP contribution in [0.3, 0.4) is 0 Å². The predicted molar refractivity (Wildman–Crippen MR) is 94.7 cm³/mol. The maximum Gasteiger partial charge on any atom is 0.00729 e. The topological polar surface area (TPSA) is 26.0 Å². The Balaban J connectivity index is 2.32. The molecule has 0 saturated heterocycles. The smallest absolute Gasteiger partial charge is 0.00729 e. The Kier molecular flexibility index (Phi) is 9.41. The van der Waals surface area contributed by atoms with Gasteiger partial charge in [-0.25, -0.2) is 0 Å². The molecule has 0 heterocycles. The molecule has 2 N–H and O–H groups in total. The fraction of sp³-hybridized carbons (Fsp3) is 0.700. The van der Waals surface area contributed by atoms with Gasteiger partial charge in [-0.2, -0.15) is 0 Å². The van der Waals surface area contributed by atoms with Gasteiger partial charge in [-0.15, -0.1) is 0 Å². The molecule has 1 aromatic carbocycles. The Hall–Kier alpha value is -0.820. The molecule has 1 rings (SSSR count). The summed E-state index contributed by atoms with van der Waals surface area (Å²) in [6.07, 6.45) is 13.4. The van der Waals surface area contributed by atoms with Crippen LogP contribution in [0.5, 0.6) is 0 Å². The molecule has 0 aliphatic heterocycles. The summed E-state index contributed by atoms with van der Waals surface area (Å²) in [5, 5.41) is 0. The van der Waals surface area contributed by atoms with Crippen molar-refractivity contribution in [3.05, 3.63) is 35.9 Å². The molecular formula is C20H35N. The number of unbranched alkanes of at least 4 members (excludes halogenated alkanes) is 7. The number of hydrogen-bond acceptors (Lipinski definition) is 1. The fourth-order valence-electron chi connectivity index (χ4n) is 3.28. The Morgan fingerprint density at radius 3 is 1.90 bits per heavy atom. The van der Waals surface area contributed by atoms with Gasteiger partial charge in [-0.1, -0.05) is 95.5 Å². The molecule has 1 aromatic rings. The van der Waals surface area contributed by atoms with Crippen LogP contribution in [0.25, 0.3) is 0 Å². The predicted octanol–water partition coefficient (Wildman–Crippen LogP) is 5.82. The first-order chi connectivity index (χ1) is 10.3. The molecule has 1 atom stereocenters. The van der Waals surface area contributed by atoms with E-state index in [9.17, 15) is 0 Å². The maximum atomic E-state index is 6.15. The molecule has 0 spiro atoms. The van der Waals surface area contributed by atoms with E-state index in [2.05, 4.69) is 44.2 Å². The van der Waals surface area contributed by atoms with E-state index >= 15 is 0 Å². The third-order valence-corrected chi connectivity index (χ3v) is 4.96. The molecule has 0 radical (unpaired) electrons. The normalized spacial score (nSPS) is 14.0. The standard InChI is InChI=1S/C20H35N/c1-3-5-6-7-8-9-10-14-17-20(4-2,18-21)19-15-12-11-13-16-19/h11-13,15-16H,3-10,14,17-18,21H2,1-2H3. The molecule has 1 unspecified atom stereocenters. The molecule has 1 nitrogen and oxygen atoms in total. The molecule has 0 amide bonds. The van der Waals surface area contributed by atoms with Crippen molar-refractivity contribution >= 4 is 0 Å². The molecular weight excluding hydrogens is 254 g/mol. The van der Waals surface area contributed by atoms with Crippen LogP contribution < -0.4 is 5.73 Å². The molecule has 1 heteroatoms. The molecule has 21 heavy (non-hydrogen) atoms. The minimum Gasteiger partial charge on any atom is -0.330 e. The van der Waals surface area contributed by atoms with Gasteiger partial charge in [-0.05, 0) is 18.4 Å². The zero-order chi connectivity index (χ0) is 15.4. The van der Waals surface area contributed by atoms with Gasteiger partial charge >= 0.3 is 0 Å². The van der Waals surface area contributed by atoms with Gasteiger partial charge in [0.1, 0.15) is 0 Å². The van der Waals surface area contributed by atoms with Gasteiger partial charge in [-0.3, -0.25) is 0 Å². The second-order valence-corrected chi connectivity index (χ2v) is 6.43. The minimum absolute atomic E-state index is 0.198. The van der Waals surface area contributed by atoms with Crippen molar-refractivity contribution in [3.8, 4) is 0 Å². The minimum atomic E-state index is 0.198. The van der Waals surface area contributed by atoms with Crippen molar-refractivity contribution in [1.29, 1.82) is 0 Å².